The summed E-state index contributed by atoms with van der Waals surface area (Å²) in [5.41, 5.74) is 4.67. The van der Waals surface area contributed by atoms with Crippen LogP contribution in [0.3, 0.4) is 0 Å². The number of aryl methyl sites for hydroxylation is 2. The van der Waals surface area contributed by atoms with Crippen LogP contribution in [0, 0.1) is 10.5 Å². The van der Waals surface area contributed by atoms with E-state index in [2.05, 4.69) is 66.4 Å². The molecule has 0 saturated carbocycles. The Bertz CT molecular complexity index is 3350. The van der Waals surface area contributed by atoms with Crippen molar-refractivity contribution in [1.29, 1.82) is 0 Å². The van der Waals surface area contributed by atoms with Crippen LogP contribution in [0.15, 0.2) is 79.4 Å². The fourth-order valence-electron chi connectivity index (χ4n) is 10.5. The number of para-hydroxylation sites is 1. The van der Waals surface area contributed by atoms with Crippen molar-refractivity contribution < 1.29 is 111 Å². The normalized spacial score (nSPS) is 13.0. The zero-order chi connectivity index (χ0) is 78.8. The summed E-state index contributed by atoms with van der Waals surface area (Å²) in [6.07, 6.45) is 3.37. The topological polar surface area (TPSA) is 469 Å². The summed E-state index contributed by atoms with van der Waals surface area (Å²) in [6.45, 7) is 9.65. The van der Waals surface area contributed by atoms with Crippen LogP contribution in [0.4, 0.5) is 5.69 Å². The second kappa shape index (κ2) is 54.3. The molecule has 0 saturated heterocycles. The van der Waals surface area contributed by atoms with E-state index in [1.165, 1.54) is 0 Å². The summed E-state index contributed by atoms with van der Waals surface area (Å²) in [4.78, 5) is 162. The van der Waals surface area contributed by atoms with Gasteiger partial charge in [0.05, 0.1) is 71.7 Å². The number of anilines is 1. The molecule has 0 heterocycles. The van der Waals surface area contributed by atoms with Crippen molar-refractivity contribution in [3.8, 4) is 0 Å². The number of aliphatic carboxylic acids is 4. The van der Waals surface area contributed by atoms with E-state index < -0.39 is 104 Å². The number of carboxylic acids is 4. The standard InChI is InChI=1S/C73H107IN9O23P/c1-4-54-19-9-10-22-61(54)83(50-55-20-8-7-16-51(55)2)68(90)35-34-64(86)77-40-43-103-45-47-105-49-48-104-46-44-102-42-37-67(89)79-57(70(93)81-58(71(94)95)21-11-13-39-75-62(84)24-14-18-53-25-27-56(74)28-26-53)29-32-63(85)76-38-12-5-6-23-65(87)80-59(72(96)97)30-33-66(88)78-52(3)17-15-41-106-107(100,101)82-60(73(98)99)31-36-69(91)92/h4,7-10,16,19-20,22,25-28,52,57-60H,1,5-6,11-15,17-18,21,23-24,29-50H2,2-3H3,(H,75,84)(H,76,85)(H,77,86)(H,78,88)(H,79,89)(H,80,87)(H,81,93)(H,91,92)(H,94,95)(H,96,97)(H,98,99)(H2,82,100,101)/t52-,57?,58?,59+,60?/m1/s1. The molecular weight excluding hydrogens is 1530 g/mol. The van der Waals surface area contributed by atoms with Crippen molar-refractivity contribution in [2.24, 2.45) is 0 Å². The number of halogens is 1. The molecule has 3 aromatic carbocycles. The van der Waals surface area contributed by atoms with E-state index in [1.807, 2.05) is 84.8 Å². The lowest BCUT2D eigenvalue weighted by Gasteiger charge is -2.25. The second-order valence-electron chi connectivity index (χ2n) is 25.2. The van der Waals surface area contributed by atoms with E-state index in [0.717, 1.165) is 32.2 Å². The summed E-state index contributed by atoms with van der Waals surface area (Å²) >= 11 is 2.22. The number of nitrogens with zero attached hydrogens (tertiary/aromatic N) is 1. The van der Waals surface area contributed by atoms with E-state index in [0.29, 0.717) is 63.7 Å². The number of nitrogens with one attached hydrogen (secondary N) is 8. The van der Waals surface area contributed by atoms with E-state index in [4.69, 9.17) is 28.6 Å². The summed E-state index contributed by atoms with van der Waals surface area (Å²) in [6, 6.07) is 17.1. The van der Waals surface area contributed by atoms with Gasteiger partial charge in [-0.15, -0.1) is 0 Å². The fourth-order valence-corrected chi connectivity index (χ4v) is 11.9. The van der Waals surface area contributed by atoms with Gasteiger partial charge in [-0.2, -0.15) is 0 Å². The van der Waals surface area contributed by atoms with Gasteiger partial charge in [0.15, 0.2) is 0 Å². The van der Waals surface area contributed by atoms with Gasteiger partial charge >= 0.3 is 31.6 Å². The first-order valence-corrected chi connectivity index (χ1v) is 38.6. The van der Waals surface area contributed by atoms with Crippen molar-refractivity contribution in [3.63, 3.8) is 0 Å². The molecule has 594 valence electrons. The van der Waals surface area contributed by atoms with Crippen LogP contribution in [0.25, 0.3) is 6.08 Å². The molecule has 13 N–H and O–H groups in total. The number of carboxylic acid groups (broad SMARTS) is 4. The van der Waals surface area contributed by atoms with Gasteiger partial charge < -0.3 is 86.4 Å². The Morgan fingerprint density at radius 3 is 1.66 bits per heavy atom. The average Bonchev–Trinajstić information content (AvgIpc) is 0.838. The van der Waals surface area contributed by atoms with E-state index in [-0.39, 0.29) is 161 Å². The summed E-state index contributed by atoms with van der Waals surface area (Å²) in [5, 5.41) is 58.2. The maximum atomic E-state index is 13.7. The third kappa shape index (κ3) is 43.3. The van der Waals surface area contributed by atoms with E-state index >= 15 is 0 Å². The zero-order valence-corrected chi connectivity index (χ0v) is 64.0. The lowest BCUT2D eigenvalue weighted by Crippen LogP contribution is -2.52. The predicted octanol–water partition coefficient (Wildman–Crippen LogP) is 5.61. The zero-order valence-electron chi connectivity index (χ0n) is 61.0. The number of ether oxygens (including phenoxy) is 4. The lowest BCUT2D eigenvalue weighted by atomic mass is 10.1. The van der Waals surface area contributed by atoms with Crippen LogP contribution in [-0.2, 0) is 98.5 Å². The molecule has 8 amide bonds. The first-order valence-electron chi connectivity index (χ1n) is 35.9. The number of benzene rings is 3. The highest BCUT2D eigenvalue weighted by Crippen LogP contribution is 2.38. The molecule has 107 heavy (non-hydrogen) atoms. The Morgan fingerprint density at radius 1 is 0.495 bits per heavy atom. The van der Waals surface area contributed by atoms with Gasteiger partial charge in [-0.3, -0.25) is 52.5 Å². The van der Waals surface area contributed by atoms with Crippen molar-refractivity contribution in [1.82, 2.24) is 42.3 Å². The Morgan fingerprint density at radius 2 is 1.02 bits per heavy atom. The Balaban J connectivity index is 1.36. The summed E-state index contributed by atoms with van der Waals surface area (Å²) in [5.74, 6) is -9.21. The number of rotatable bonds is 61. The smallest absolute Gasteiger partial charge is 0.403 e. The third-order valence-corrected chi connectivity index (χ3v) is 18.3. The van der Waals surface area contributed by atoms with Crippen molar-refractivity contribution in [3.05, 3.63) is 105 Å². The molecule has 3 aromatic rings. The molecule has 3 rings (SSSR count). The Labute approximate surface area is 637 Å². The van der Waals surface area contributed by atoms with E-state index in [1.54, 1.807) is 17.9 Å². The quantitative estimate of drug-likeness (QED) is 0.0185. The number of carbonyl (C=O) groups is 12. The molecule has 34 heteroatoms. The average molecular weight is 1640 g/mol. The van der Waals surface area contributed by atoms with Gasteiger partial charge in [0.1, 0.15) is 24.2 Å². The first kappa shape index (κ1) is 92.9. The molecule has 32 nitrogen and oxygen atoms in total. The van der Waals surface area contributed by atoms with Gasteiger partial charge in [-0.25, -0.2) is 19.2 Å². The molecule has 0 aliphatic carbocycles. The minimum atomic E-state index is -4.63. The van der Waals surface area contributed by atoms with Gasteiger partial charge in [0.25, 0.3) is 0 Å². The minimum Gasteiger partial charge on any atom is -0.481 e. The van der Waals surface area contributed by atoms with E-state index in [9.17, 15) is 82.3 Å². The highest BCUT2D eigenvalue weighted by Gasteiger charge is 2.31. The van der Waals surface area contributed by atoms with Gasteiger partial charge in [0.2, 0.25) is 47.3 Å². The molecule has 0 aromatic heterocycles. The highest BCUT2D eigenvalue weighted by atomic mass is 127. The van der Waals surface area contributed by atoms with Crippen molar-refractivity contribution >= 4 is 113 Å². The monoisotopic (exact) mass is 1640 g/mol. The fraction of sp³-hybridized carbons (Fsp3) is 0.562. The largest absolute Gasteiger partial charge is 0.481 e. The van der Waals surface area contributed by atoms with Gasteiger partial charge in [0, 0.05) is 80.6 Å². The molecule has 4 unspecified atom stereocenters. The van der Waals surface area contributed by atoms with Crippen molar-refractivity contribution in [2.75, 3.05) is 84.0 Å². The number of unbranched alkanes of at least 4 members (excludes halogenated alkanes) is 3. The molecule has 0 bridgehead atoms. The predicted molar refractivity (Wildman–Crippen MR) is 403 cm³/mol. The SMILES string of the molecule is C=Cc1ccccc1N(Cc1ccccc1C)C(=O)CCC(=O)NCCOCCOCCOCCOCCC(=O)NC(CCC(=O)NCCCCCC(=O)N[C@@H](CCC(=O)N[C@H](C)CCCOP(=O)(O)NC(CCC(=O)O)C(=O)O)C(=O)O)C(=O)NC(CCCCNC(=O)CCCc1ccc(I)cc1)C(=O)O. The molecule has 6 atom stereocenters. The maximum Gasteiger partial charge on any atom is 0.403 e. The van der Waals surface area contributed by atoms with Gasteiger partial charge in [-0.05, 0) is 154 Å². The first-order chi connectivity index (χ1) is 51.2. The van der Waals surface area contributed by atoms with Crippen molar-refractivity contribution in [2.45, 2.75) is 185 Å². The Hall–Kier alpha value is -8.28. The second-order valence-corrected chi connectivity index (χ2v) is 28.0. The third-order valence-electron chi connectivity index (χ3n) is 16.4. The summed E-state index contributed by atoms with van der Waals surface area (Å²) in [7, 11) is -4.63. The van der Waals surface area contributed by atoms with Gasteiger partial charge in [-0.1, -0.05) is 73.7 Å². The highest BCUT2D eigenvalue weighted by molar-refractivity contribution is 14.1. The molecule has 0 spiro atoms. The van der Waals surface area contributed by atoms with Crippen LogP contribution in [-0.4, -0.2) is 206 Å². The van der Waals surface area contributed by atoms with Crippen LogP contribution < -0.4 is 47.2 Å². The lowest BCUT2D eigenvalue weighted by molar-refractivity contribution is -0.143. The molecular formula is C73H107IN9O23P. The number of carbonyl (C=O) groups excluding carboxylic acids is 8. The minimum absolute atomic E-state index is 0.00166. The number of amides is 8. The number of hydrogen-bond donors (Lipinski definition) is 13. The summed E-state index contributed by atoms with van der Waals surface area (Å²) < 4.78 is 40.6. The molecule has 0 aliphatic heterocycles. The number of hydrogen-bond acceptors (Lipinski definition) is 18. The van der Waals surface area contributed by atoms with Crippen LogP contribution >= 0.6 is 30.3 Å². The molecule has 0 radical (unpaired) electrons. The van der Waals surface area contributed by atoms with Crippen LogP contribution in [0.5, 0.6) is 0 Å². The molecule has 0 fully saturated rings. The van der Waals surface area contributed by atoms with Crippen LogP contribution in [0.1, 0.15) is 158 Å². The molecule has 0 aliphatic rings. The van der Waals surface area contributed by atoms with Crippen LogP contribution in [0.2, 0.25) is 0 Å². The maximum absolute atomic E-state index is 13.7. The Kier molecular flexibility index (Phi) is 47.2.